The van der Waals surface area contributed by atoms with Crippen LogP contribution in [0.5, 0.6) is 5.75 Å². The highest BCUT2D eigenvalue weighted by Gasteiger charge is 2.11. The van der Waals surface area contributed by atoms with Crippen LogP contribution in [0.1, 0.15) is 10.4 Å². The third-order valence-corrected chi connectivity index (χ3v) is 1.57. The molecule has 0 saturated carbocycles. The molecule has 0 heterocycles. The molecule has 1 aromatic carbocycles. The Morgan fingerprint density at radius 2 is 2.21 bits per heavy atom. The Balaban J connectivity index is 2.80. The molecule has 76 valence electrons. The highest BCUT2D eigenvalue weighted by atomic mass is 16.5. The first-order valence-electron chi connectivity index (χ1n) is 4.01. The maximum absolute atomic E-state index is 11.2. The molecule has 0 spiro atoms. The van der Waals surface area contributed by atoms with Gasteiger partial charge in [-0.3, -0.25) is 0 Å². The van der Waals surface area contributed by atoms with Crippen LogP contribution in [0.4, 0.5) is 5.69 Å². The zero-order chi connectivity index (χ0) is 10.6. The molecular weight excluding hydrogens is 186 g/mol. The van der Waals surface area contributed by atoms with Crippen molar-refractivity contribution < 1.29 is 19.7 Å². The number of phenols is 1. The summed E-state index contributed by atoms with van der Waals surface area (Å²) >= 11 is 0. The zero-order valence-corrected chi connectivity index (χ0v) is 7.43. The minimum Gasteiger partial charge on any atom is -0.507 e. The van der Waals surface area contributed by atoms with E-state index in [4.69, 9.17) is 10.8 Å². The number of aliphatic hydroxyl groups excluding tert-OH is 1. The molecule has 0 fully saturated rings. The fourth-order valence-corrected chi connectivity index (χ4v) is 0.937. The summed E-state index contributed by atoms with van der Waals surface area (Å²) in [5.74, 6) is -0.913. The number of rotatable bonds is 3. The summed E-state index contributed by atoms with van der Waals surface area (Å²) in [4.78, 5) is 11.2. The van der Waals surface area contributed by atoms with Gasteiger partial charge in [0.05, 0.1) is 6.61 Å². The summed E-state index contributed by atoms with van der Waals surface area (Å²) < 4.78 is 4.61. The number of carbonyl (C=O) groups is 1. The quantitative estimate of drug-likeness (QED) is 0.473. The van der Waals surface area contributed by atoms with E-state index >= 15 is 0 Å². The molecule has 0 saturated heterocycles. The maximum atomic E-state index is 11.2. The van der Waals surface area contributed by atoms with Gasteiger partial charge in [0.15, 0.2) is 0 Å². The third kappa shape index (κ3) is 2.37. The van der Waals surface area contributed by atoms with E-state index in [1.165, 1.54) is 18.2 Å². The van der Waals surface area contributed by atoms with Crippen molar-refractivity contribution in [2.45, 2.75) is 0 Å². The minimum atomic E-state index is -0.684. The molecule has 5 nitrogen and oxygen atoms in total. The van der Waals surface area contributed by atoms with E-state index in [0.717, 1.165) is 0 Å². The molecule has 0 amide bonds. The van der Waals surface area contributed by atoms with E-state index < -0.39 is 5.97 Å². The summed E-state index contributed by atoms with van der Waals surface area (Å²) in [5.41, 5.74) is 5.77. The van der Waals surface area contributed by atoms with Gasteiger partial charge >= 0.3 is 5.97 Å². The molecule has 5 heteroatoms. The molecule has 14 heavy (non-hydrogen) atoms. The lowest BCUT2D eigenvalue weighted by Gasteiger charge is -2.05. The number of esters is 1. The Bertz CT molecular complexity index is 338. The van der Waals surface area contributed by atoms with Crippen LogP contribution in [0.2, 0.25) is 0 Å². The molecule has 0 radical (unpaired) electrons. The lowest BCUT2D eigenvalue weighted by atomic mass is 10.2. The second kappa shape index (κ2) is 4.48. The van der Waals surface area contributed by atoms with Gasteiger partial charge in [-0.25, -0.2) is 4.79 Å². The van der Waals surface area contributed by atoms with Gasteiger partial charge in [0, 0.05) is 11.8 Å². The summed E-state index contributed by atoms with van der Waals surface area (Å²) in [6.45, 7) is -0.343. The van der Waals surface area contributed by atoms with E-state index in [-0.39, 0.29) is 24.5 Å². The minimum absolute atomic E-state index is 0.0349. The molecule has 4 N–H and O–H groups in total. The number of aromatic hydroxyl groups is 1. The first kappa shape index (κ1) is 10.3. The predicted octanol–water partition coefficient (Wildman–Crippen LogP) is 0.124. The number of aliphatic hydroxyl groups is 1. The predicted molar refractivity (Wildman–Crippen MR) is 49.9 cm³/mol. The normalized spacial score (nSPS) is 9.79. The first-order valence-corrected chi connectivity index (χ1v) is 4.01. The van der Waals surface area contributed by atoms with E-state index in [1.54, 1.807) is 0 Å². The molecule has 0 atom stereocenters. The highest BCUT2D eigenvalue weighted by molar-refractivity contribution is 5.92. The Morgan fingerprint density at radius 3 is 2.79 bits per heavy atom. The van der Waals surface area contributed by atoms with E-state index in [1.807, 2.05) is 0 Å². The Morgan fingerprint density at radius 1 is 1.50 bits per heavy atom. The smallest absolute Gasteiger partial charge is 0.341 e. The number of nitrogens with two attached hydrogens (primary N) is 1. The second-order valence-corrected chi connectivity index (χ2v) is 2.64. The lowest BCUT2D eigenvalue weighted by molar-refractivity contribution is 0.0430. The topological polar surface area (TPSA) is 92.8 Å². The summed E-state index contributed by atoms with van der Waals surface area (Å²) in [5, 5.41) is 17.7. The number of ether oxygens (including phenoxy) is 1. The second-order valence-electron chi connectivity index (χ2n) is 2.64. The number of benzene rings is 1. The molecule has 1 aromatic rings. The highest BCUT2D eigenvalue weighted by Crippen LogP contribution is 2.20. The third-order valence-electron chi connectivity index (χ3n) is 1.57. The van der Waals surface area contributed by atoms with Crippen molar-refractivity contribution in [3.8, 4) is 5.75 Å². The van der Waals surface area contributed by atoms with Gasteiger partial charge in [0.1, 0.15) is 17.9 Å². The monoisotopic (exact) mass is 197 g/mol. The first-order chi connectivity index (χ1) is 6.65. The number of carbonyl (C=O) groups excluding carboxylic acids is 1. The number of phenolic OH excluding ortho intramolecular Hbond substituents is 1. The lowest BCUT2D eigenvalue weighted by Crippen LogP contribution is -2.09. The Hall–Kier alpha value is -1.75. The SMILES string of the molecule is Nc1ccc(C(=O)OCCO)c(O)c1. The number of hydrogen-bond acceptors (Lipinski definition) is 5. The number of anilines is 1. The summed E-state index contributed by atoms with van der Waals surface area (Å²) in [7, 11) is 0. The van der Waals surface area contributed by atoms with Crippen LogP contribution < -0.4 is 5.73 Å². The van der Waals surface area contributed by atoms with Gasteiger partial charge < -0.3 is 20.7 Å². The van der Waals surface area contributed by atoms with Crippen LogP contribution in [-0.4, -0.2) is 29.4 Å². The zero-order valence-electron chi connectivity index (χ0n) is 7.43. The van der Waals surface area contributed by atoms with E-state index in [0.29, 0.717) is 5.69 Å². The van der Waals surface area contributed by atoms with Crippen LogP contribution >= 0.6 is 0 Å². The van der Waals surface area contributed by atoms with Gasteiger partial charge in [0.25, 0.3) is 0 Å². The van der Waals surface area contributed by atoms with Crippen molar-refractivity contribution in [1.82, 2.24) is 0 Å². The van der Waals surface area contributed by atoms with Gasteiger partial charge in [-0.15, -0.1) is 0 Å². The van der Waals surface area contributed by atoms with Gasteiger partial charge in [-0.05, 0) is 12.1 Å². The fourth-order valence-electron chi connectivity index (χ4n) is 0.937. The molecule has 0 aromatic heterocycles. The maximum Gasteiger partial charge on any atom is 0.341 e. The van der Waals surface area contributed by atoms with Crippen molar-refractivity contribution in [3.05, 3.63) is 23.8 Å². The van der Waals surface area contributed by atoms with E-state index in [2.05, 4.69) is 4.74 Å². The van der Waals surface area contributed by atoms with Crippen molar-refractivity contribution in [1.29, 1.82) is 0 Å². The van der Waals surface area contributed by atoms with Crippen molar-refractivity contribution >= 4 is 11.7 Å². The van der Waals surface area contributed by atoms with Crippen molar-refractivity contribution in [2.75, 3.05) is 18.9 Å². The molecule has 0 bridgehead atoms. The molecule has 0 unspecified atom stereocenters. The van der Waals surface area contributed by atoms with Crippen molar-refractivity contribution in [2.24, 2.45) is 0 Å². The summed E-state index contributed by atoms with van der Waals surface area (Å²) in [6.07, 6.45) is 0. The van der Waals surface area contributed by atoms with Gasteiger partial charge in [-0.2, -0.15) is 0 Å². The standard InChI is InChI=1S/C9H11NO4/c10-6-1-2-7(8(12)5-6)9(13)14-4-3-11/h1-2,5,11-12H,3-4,10H2. The van der Waals surface area contributed by atoms with Crippen LogP contribution in [-0.2, 0) is 4.74 Å². The van der Waals surface area contributed by atoms with Gasteiger partial charge in [0.2, 0.25) is 0 Å². The average Bonchev–Trinajstić information content (AvgIpc) is 2.14. The molecule has 0 aliphatic carbocycles. The average molecular weight is 197 g/mol. The van der Waals surface area contributed by atoms with Crippen LogP contribution in [0.15, 0.2) is 18.2 Å². The van der Waals surface area contributed by atoms with Crippen LogP contribution in [0.3, 0.4) is 0 Å². The van der Waals surface area contributed by atoms with Crippen LogP contribution in [0.25, 0.3) is 0 Å². The molecular formula is C9H11NO4. The summed E-state index contributed by atoms with van der Waals surface area (Å²) in [6, 6.07) is 4.11. The Labute approximate surface area is 80.7 Å². The number of hydrogen-bond donors (Lipinski definition) is 3. The van der Waals surface area contributed by atoms with Gasteiger partial charge in [-0.1, -0.05) is 0 Å². The molecule has 0 aliphatic heterocycles. The van der Waals surface area contributed by atoms with Crippen molar-refractivity contribution in [3.63, 3.8) is 0 Å². The fraction of sp³-hybridized carbons (Fsp3) is 0.222. The number of nitrogen functional groups attached to an aromatic ring is 1. The molecule has 1 rings (SSSR count). The molecule has 0 aliphatic rings. The largest absolute Gasteiger partial charge is 0.507 e. The Kier molecular flexibility index (Phi) is 3.30. The van der Waals surface area contributed by atoms with Crippen LogP contribution in [0, 0.1) is 0 Å². The van der Waals surface area contributed by atoms with E-state index in [9.17, 15) is 9.90 Å².